The molecule has 1 atom stereocenters. The third-order valence-corrected chi connectivity index (χ3v) is 5.57. The van der Waals surface area contributed by atoms with Crippen LogP contribution in [0.15, 0.2) is 42.6 Å². The first-order valence-corrected chi connectivity index (χ1v) is 9.86. The van der Waals surface area contributed by atoms with E-state index >= 15 is 0 Å². The van der Waals surface area contributed by atoms with Crippen molar-refractivity contribution in [1.82, 2.24) is 9.88 Å². The molecule has 2 heterocycles. The molecule has 0 aliphatic carbocycles. The summed E-state index contributed by atoms with van der Waals surface area (Å²) in [4.78, 5) is 7.01. The second kappa shape index (κ2) is 8.79. The number of pyridine rings is 1. The third kappa shape index (κ3) is 5.15. The molecule has 3 heteroatoms. The normalized spacial score (nSPS) is 20.6. The summed E-state index contributed by atoms with van der Waals surface area (Å²) in [5, 5.41) is 0. The van der Waals surface area contributed by atoms with E-state index in [0.717, 1.165) is 45.0 Å². The molecule has 1 aliphatic heterocycles. The quantitative estimate of drug-likeness (QED) is 0.696. The SMILES string of the molecule is CCOC[C@]1(CCc2ccc(C)cc2)CCN(Cc2ccc(C)nc2)C1. The van der Waals surface area contributed by atoms with Crippen LogP contribution in [0.2, 0.25) is 0 Å². The average Bonchev–Trinajstić information content (AvgIpc) is 3.05. The Balaban J connectivity index is 1.61. The highest BCUT2D eigenvalue weighted by Crippen LogP contribution is 2.36. The van der Waals surface area contributed by atoms with Crippen LogP contribution in [-0.4, -0.2) is 36.2 Å². The number of hydrogen-bond donors (Lipinski definition) is 0. The van der Waals surface area contributed by atoms with E-state index in [9.17, 15) is 0 Å². The van der Waals surface area contributed by atoms with Crippen LogP contribution in [0.25, 0.3) is 0 Å². The van der Waals surface area contributed by atoms with E-state index in [4.69, 9.17) is 4.74 Å². The minimum atomic E-state index is 0.277. The van der Waals surface area contributed by atoms with Gasteiger partial charge in [-0.05, 0) is 63.8 Å². The number of rotatable bonds is 8. The smallest absolute Gasteiger partial charge is 0.0535 e. The van der Waals surface area contributed by atoms with Gasteiger partial charge in [-0.1, -0.05) is 35.9 Å². The molecule has 1 aliphatic rings. The molecule has 1 fully saturated rings. The van der Waals surface area contributed by atoms with Crippen LogP contribution in [0.1, 0.15) is 42.1 Å². The molecule has 0 radical (unpaired) electrons. The minimum absolute atomic E-state index is 0.277. The molecule has 0 amide bonds. The zero-order chi connectivity index (χ0) is 18.4. The summed E-state index contributed by atoms with van der Waals surface area (Å²) in [7, 11) is 0. The number of likely N-dealkylation sites (tertiary alicyclic amines) is 1. The van der Waals surface area contributed by atoms with Crippen molar-refractivity contribution in [3.8, 4) is 0 Å². The maximum Gasteiger partial charge on any atom is 0.0535 e. The zero-order valence-electron chi connectivity index (χ0n) is 16.5. The van der Waals surface area contributed by atoms with Gasteiger partial charge in [-0.25, -0.2) is 0 Å². The average molecular weight is 353 g/mol. The Morgan fingerprint density at radius 3 is 2.54 bits per heavy atom. The predicted octanol–water partition coefficient (Wildman–Crippen LogP) is 4.56. The monoisotopic (exact) mass is 352 g/mol. The van der Waals surface area contributed by atoms with Gasteiger partial charge in [0.2, 0.25) is 0 Å². The van der Waals surface area contributed by atoms with Gasteiger partial charge in [0.25, 0.3) is 0 Å². The third-order valence-electron chi connectivity index (χ3n) is 5.57. The van der Waals surface area contributed by atoms with Crippen LogP contribution in [-0.2, 0) is 17.7 Å². The summed E-state index contributed by atoms with van der Waals surface area (Å²) < 4.78 is 5.90. The Kier molecular flexibility index (Phi) is 6.44. The molecule has 0 bridgehead atoms. The van der Waals surface area contributed by atoms with Crippen molar-refractivity contribution < 1.29 is 4.74 Å². The number of ether oxygens (including phenoxy) is 1. The van der Waals surface area contributed by atoms with Crippen molar-refractivity contribution in [2.24, 2.45) is 5.41 Å². The van der Waals surface area contributed by atoms with Gasteiger partial charge < -0.3 is 4.74 Å². The van der Waals surface area contributed by atoms with E-state index in [1.807, 2.05) is 13.1 Å². The Morgan fingerprint density at radius 2 is 1.85 bits per heavy atom. The summed E-state index contributed by atoms with van der Waals surface area (Å²) in [6, 6.07) is 13.3. The lowest BCUT2D eigenvalue weighted by molar-refractivity contribution is 0.0489. The van der Waals surface area contributed by atoms with Crippen LogP contribution in [0.3, 0.4) is 0 Å². The predicted molar refractivity (Wildman–Crippen MR) is 107 cm³/mol. The highest BCUT2D eigenvalue weighted by molar-refractivity contribution is 5.21. The fourth-order valence-corrected chi connectivity index (χ4v) is 3.89. The maximum absolute atomic E-state index is 5.90. The molecule has 26 heavy (non-hydrogen) atoms. The highest BCUT2D eigenvalue weighted by Gasteiger charge is 2.37. The Morgan fingerprint density at radius 1 is 1.08 bits per heavy atom. The molecule has 0 saturated carbocycles. The van der Waals surface area contributed by atoms with E-state index in [1.165, 1.54) is 29.5 Å². The molecule has 3 nitrogen and oxygen atoms in total. The standard InChI is InChI=1S/C23H32N2O/c1-4-26-18-23(12-11-21-8-5-19(2)6-9-21)13-14-25(17-23)16-22-10-7-20(3)24-15-22/h5-10,15H,4,11-14,16-18H2,1-3H3/t23-/m1/s1. The van der Waals surface area contributed by atoms with Crippen LogP contribution >= 0.6 is 0 Å². The molecule has 1 saturated heterocycles. The summed E-state index contributed by atoms with van der Waals surface area (Å²) in [5.41, 5.74) is 5.43. The van der Waals surface area contributed by atoms with Crippen LogP contribution in [0.5, 0.6) is 0 Å². The number of nitrogens with zero attached hydrogens (tertiary/aromatic N) is 2. The van der Waals surface area contributed by atoms with Gasteiger partial charge in [0.1, 0.15) is 0 Å². The van der Waals surface area contributed by atoms with Crippen molar-refractivity contribution in [2.45, 2.75) is 46.6 Å². The lowest BCUT2D eigenvalue weighted by atomic mass is 9.82. The maximum atomic E-state index is 5.90. The summed E-state index contributed by atoms with van der Waals surface area (Å²) in [5.74, 6) is 0. The fraction of sp³-hybridized carbons (Fsp3) is 0.522. The molecular weight excluding hydrogens is 320 g/mol. The first-order valence-electron chi connectivity index (χ1n) is 9.86. The molecule has 1 aromatic carbocycles. The van der Waals surface area contributed by atoms with Crippen molar-refractivity contribution >= 4 is 0 Å². The lowest BCUT2D eigenvalue weighted by Gasteiger charge is -2.29. The Hall–Kier alpha value is -1.71. The van der Waals surface area contributed by atoms with E-state index < -0.39 is 0 Å². The Labute approximate surface area is 158 Å². The molecule has 1 aromatic heterocycles. The second-order valence-electron chi connectivity index (χ2n) is 7.89. The topological polar surface area (TPSA) is 25.4 Å². The zero-order valence-corrected chi connectivity index (χ0v) is 16.5. The lowest BCUT2D eigenvalue weighted by Crippen LogP contribution is -2.32. The van der Waals surface area contributed by atoms with Gasteiger partial charge in [-0.2, -0.15) is 0 Å². The van der Waals surface area contributed by atoms with Crippen molar-refractivity contribution in [3.05, 3.63) is 65.0 Å². The van der Waals surface area contributed by atoms with Crippen molar-refractivity contribution in [1.29, 1.82) is 0 Å². The first-order chi connectivity index (χ1) is 12.6. The highest BCUT2D eigenvalue weighted by atomic mass is 16.5. The van der Waals surface area contributed by atoms with Gasteiger partial charge in [-0.15, -0.1) is 0 Å². The molecule has 140 valence electrons. The van der Waals surface area contributed by atoms with Gasteiger partial charge in [-0.3, -0.25) is 9.88 Å². The largest absolute Gasteiger partial charge is 0.381 e. The second-order valence-corrected chi connectivity index (χ2v) is 7.89. The summed E-state index contributed by atoms with van der Waals surface area (Å²) in [6.07, 6.45) is 5.56. The van der Waals surface area contributed by atoms with Gasteiger partial charge >= 0.3 is 0 Å². The van der Waals surface area contributed by atoms with Crippen LogP contribution < -0.4 is 0 Å². The van der Waals surface area contributed by atoms with E-state index in [2.05, 4.69) is 60.1 Å². The first kappa shape index (κ1) is 19.1. The number of hydrogen-bond acceptors (Lipinski definition) is 3. The van der Waals surface area contributed by atoms with E-state index in [1.54, 1.807) is 0 Å². The van der Waals surface area contributed by atoms with E-state index in [-0.39, 0.29) is 5.41 Å². The van der Waals surface area contributed by atoms with E-state index in [0.29, 0.717) is 0 Å². The van der Waals surface area contributed by atoms with Crippen molar-refractivity contribution in [3.63, 3.8) is 0 Å². The molecule has 0 spiro atoms. The van der Waals surface area contributed by atoms with Crippen LogP contribution in [0, 0.1) is 19.3 Å². The molecule has 0 unspecified atom stereocenters. The molecule has 3 rings (SSSR count). The van der Waals surface area contributed by atoms with Crippen LogP contribution in [0.4, 0.5) is 0 Å². The fourth-order valence-electron chi connectivity index (χ4n) is 3.89. The van der Waals surface area contributed by atoms with Crippen molar-refractivity contribution in [2.75, 3.05) is 26.3 Å². The van der Waals surface area contributed by atoms with Gasteiger partial charge in [0.05, 0.1) is 6.61 Å². The molecule has 0 N–H and O–H groups in total. The summed E-state index contributed by atoms with van der Waals surface area (Å²) in [6.45, 7) is 11.2. The Bertz CT molecular complexity index is 680. The summed E-state index contributed by atoms with van der Waals surface area (Å²) >= 11 is 0. The van der Waals surface area contributed by atoms with Gasteiger partial charge in [0, 0.05) is 37.0 Å². The number of benzene rings is 1. The minimum Gasteiger partial charge on any atom is -0.381 e. The van der Waals surface area contributed by atoms with Gasteiger partial charge in [0.15, 0.2) is 0 Å². The number of aryl methyl sites for hydroxylation is 3. The molecular formula is C23H32N2O. The molecule has 2 aromatic rings. The number of aromatic nitrogens is 1.